The van der Waals surface area contributed by atoms with Gasteiger partial charge in [0.2, 0.25) is 0 Å². The molecular weight excluding hydrogens is 347 g/mol. The normalized spacial score (nSPS) is 14.7. The number of ether oxygens (including phenoxy) is 1. The van der Waals surface area contributed by atoms with Crippen LogP contribution < -0.4 is 10.6 Å². The summed E-state index contributed by atoms with van der Waals surface area (Å²) in [7, 11) is 0. The molecule has 6 nitrogen and oxygen atoms in total. The van der Waals surface area contributed by atoms with E-state index >= 15 is 0 Å². The van der Waals surface area contributed by atoms with Crippen molar-refractivity contribution in [3.63, 3.8) is 0 Å². The molecule has 0 unspecified atom stereocenters. The first-order valence-electron chi connectivity index (χ1n) is 9.23. The number of nitrogens with one attached hydrogen (secondary N) is 2. The number of amides is 1. The van der Waals surface area contributed by atoms with Gasteiger partial charge in [-0.3, -0.25) is 9.69 Å². The zero-order chi connectivity index (χ0) is 18.9. The Morgan fingerprint density at radius 2 is 1.89 bits per heavy atom. The average molecular weight is 372 g/mol. The molecule has 27 heavy (non-hydrogen) atoms. The van der Waals surface area contributed by atoms with E-state index in [0.29, 0.717) is 18.8 Å². The van der Waals surface area contributed by atoms with Gasteiger partial charge in [-0.25, -0.2) is 9.37 Å². The van der Waals surface area contributed by atoms with Crippen LogP contribution >= 0.6 is 0 Å². The largest absolute Gasteiger partial charge is 0.383 e. The molecule has 2 heterocycles. The first kappa shape index (κ1) is 19.3. The number of carbonyl (C=O) groups is 1. The van der Waals surface area contributed by atoms with Gasteiger partial charge in [0.05, 0.1) is 25.1 Å². The number of rotatable bonds is 8. The van der Waals surface area contributed by atoms with Gasteiger partial charge in [0.1, 0.15) is 11.5 Å². The Morgan fingerprint density at radius 1 is 1.11 bits per heavy atom. The molecule has 144 valence electrons. The van der Waals surface area contributed by atoms with Crippen molar-refractivity contribution in [1.29, 1.82) is 0 Å². The van der Waals surface area contributed by atoms with E-state index in [9.17, 15) is 9.18 Å². The Hall–Kier alpha value is -2.51. The Kier molecular flexibility index (Phi) is 7.12. The fourth-order valence-corrected chi connectivity index (χ4v) is 2.88. The molecule has 1 aromatic carbocycles. The first-order chi connectivity index (χ1) is 13.2. The highest BCUT2D eigenvalue weighted by molar-refractivity contribution is 5.92. The third kappa shape index (κ3) is 6.30. The van der Waals surface area contributed by atoms with Crippen LogP contribution in [0.25, 0.3) is 0 Å². The monoisotopic (exact) mass is 372 g/mol. The molecule has 0 radical (unpaired) electrons. The van der Waals surface area contributed by atoms with Crippen LogP contribution in [-0.4, -0.2) is 61.7 Å². The summed E-state index contributed by atoms with van der Waals surface area (Å²) in [6.45, 7) is 5.45. The Balaban J connectivity index is 1.38. The highest BCUT2D eigenvalue weighted by Gasteiger charge is 2.11. The first-order valence-corrected chi connectivity index (χ1v) is 9.23. The zero-order valence-corrected chi connectivity index (χ0v) is 15.3. The maximum atomic E-state index is 12.9. The number of benzene rings is 1. The number of anilines is 1. The average Bonchev–Trinajstić information content (AvgIpc) is 2.71. The Bertz CT molecular complexity index is 716. The quantitative estimate of drug-likeness (QED) is 0.741. The lowest BCUT2D eigenvalue weighted by atomic mass is 10.1. The number of morpholine rings is 1. The Morgan fingerprint density at radius 3 is 2.59 bits per heavy atom. The van der Waals surface area contributed by atoms with Gasteiger partial charge in [0.15, 0.2) is 0 Å². The minimum Gasteiger partial charge on any atom is -0.383 e. The van der Waals surface area contributed by atoms with Crippen molar-refractivity contribution in [1.82, 2.24) is 15.2 Å². The number of hydrogen-bond donors (Lipinski definition) is 2. The maximum Gasteiger partial charge on any atom is 0.269 e. The number of carbonyl (C=O) groups excluding carboxylic acids is 1. The van der Waals surface area contributed by atoms with E-state index in [-0.39, 0.29) is 11.7 Å². The van der Waals surface area contributed by atoms with Crippen molar-refractivity contribution in [3.05, 3.63) is 59.7 Å². The minimum atomic E-state index is -0.227. The lowest BCUT2D eigenvalue weighted by Gasteiger charge is -2.26. The van der Waals surface area contributed by atoms with E-state index in [1.54, 1.807) is 24.4 Å². The molecule has 0 aliphatic carbocycles. The second-order valence-corrected chi connectivity index (χ2v) is 6.45. The summed E-state index contributed by atoms with van der Waals surface area (Å²) < 4.78 is 18.2. The fourth-order valence-electron chi connectivity index (χ4n) is 2.88. The predicted octanol–water partition coefficient (Wildman–Crippen LogP) is 1.94. The second-order valence-electron chi connectivity index (χ2n) is 6.45. The molecule has 2 aromatic rings. The van der Waals surface area contributed by atoms with Gasteiger partial charge in [-0.15, -0.1) is 0 Å². The minimum absolute atomic E-state index is 0.166. The van der Waals surface area contributed by atoms with Gasteiger partial charge in [0, 0.05) is 32.7 Å². The highest BCUT2D eigenvalue weighted by Crippen LogP contribution is 2.08. The summed E-state index contributed by atoms with van der Waals surface area (Å²) >= 11 is 0. The lowest BCUT2D eigenvalue weighted by molar-refractivity contribution is 0.0383. The summed E-state index contributed by atoms with van der Waals surface area (Å²) in [5, 5.41) is 6.15. The molecule has 7 heteroatoms. The summed E-state index contributed by atoms with van der Waals surface area (Å²) in [6, 6.07) is 10.0. The van der Waals surface area contributed by atoms with E-state index in [1.165, 1.54) is 12.1 Å². The van der Waals surface area contributed by atoms with Crippen LogP contribution in [0.1, 0.15) is 16.1 Å². The summed E-state index contributed by atoms with van der Waals surface area (Å²) in [5.41, 5.74) is 2.32. The van der Waals surface area contributed by atoms with E-state index in [0.717, 1.165) is 50.5 Å². The number of hydrogen-bond acceptors (Lipinski definition) is 5. The molecular formula is C20H25FN4O2. The van der Waals surface area contributed by atoms with Gasteiger partial charge < -0.3 is 15.4 Å². The van der Waals surface area contributed by atoms with Crippen LogP contribution in [-0.2, 0) is 11.2 Å². The van der Waals surface area contributed by atoms with Crippen LogP contribution in [0.2, 0.25) is 0 Å². The van der Waals surface area contributed by atoms with Crippen LogP contribution in [0, 0.1) is 5.82 Å². The van der Waals surface area contributed by atoms with Crippen LogP contribution in [0.5, 0.6) is 0 Å². The van der Waals surface area contributed by atoms with Gasteiger partial charge in [-0.1, -0.05) is 12.1 Å². The third-order valence-electron chi connectivity index (χ3n) is 4.47. The predicted molar refractivity (Wildman–Crippen MR) is 102 cm³/mol. The molecule has 1 aromatic heterocycles. The molecule has 1 aliphatic rings. The van der Waals surface area contributed by atoms with E-state index in [1.807, 2.05) is 6.07 Å². The zero-order valence-electron chi connectivity index (χ0n) is 15.3. The van der Waals surface area contributed by atoms with Gasteiger partial charge in [0.25, 0.3) is 5.91 Å². The van der Waals surface area contributed by atoms with Crippen molar-refractivity contribution in [2.24, 2.45) is 0 Å². The number of aromatic nitrogens is 1. The Labute approximate surface area is 158 Å². The van der Waals surface area contributed by atoms with E-state index in [4.69, 9.17) is 4.74 Å². The molecule has 1 fully saturated rings. The number of halogens is 1. The van der Waals surface area contributed by atoms with E-state index in [2.05, 4.69) is 20.5 Å². The van der Waals surface area contributed by atoms with Crippen molar-refractivity contribution >= 4 is 11.6 Å². The van der Waals surface area contributed by atoms with Crippen LogP contribution in [0.15, 0.2) is 42.6 Å². The van der Waals surface area contributed by atoms with Crippen LogP contribution in [0.3, 0.4) is 0 Å². The van der Waals surface area contributed by atoms with Gasteiger partial charge >= 0.3 is 0 Å². The molecule has 0 spiro atoms. The third-order valence-corrected chi connectivity index (χ3v) is 4.47. The van der Waals surface area contributed by atoms with Crippen LogP contribution in [0.4, 0.5) is 10.1 Å². The lowest BCUT2D eigenvalue weighted by Crippen LogP contribution is -2.41. The van der Waals surface area contributed by atoms with Crippen molar-refractivity contribution in [2.45, 2.75) is 6.42 Å². The molecule has 2 N–H and O–H groups in total. The summed E-state index contributed by atoms with van der Waals surface area (Å²) in [6.07, 6.45) is 2.44. The van der Waals surface area contributed by atoms with Gasteiger partial charge in [-0.2, -0.15) is 0 Å². The van der Waals surface area contributed by atoms with Crippen molar-refractivity contribution < 1.29 is 13.9 Å². The summed E-state index contributed by atoms with van der Waals surface area (Å²) in [4.78, 5) is 18.6. The smallest absolute Gasteiger partial charge is 0.269 e. The number of pyridine rings is 1. The summed E-state index contributed by atoms with van der Waals surface area (Å²) in [5.74, 6) is -0.393. The maximum absolute atomic E-state index is 12.9. The molecule has 1 amide bonds. The number of nitrogens with zero attached hydrogens (tertiary/aromatic N) is 2. The molecule has 3 rings (SSSR count). The SMILES string of the molecule is O=C(NCCN1CCOCC1)c1ccc(NCCc2ccc(F)cc2)cn1. The standard InChI is InChI=1S/C20H25FN4O2/c21-17-3-1-16(2-4-17)7-8-22-18-5-6-19(24-15-18)20(26)23-9-10-25-11-13-27-14-12-25/h1-6,15,22H,7-14H2,(H,23,26). The van der Waals surface area contributed by atoms with Gasteiger partial charge in [-0.05, 0) is 36.2 Å². The molecule has 0 atom stereocenters. The molecule has 0 saturated carbocycles. The van der Waals surface area contributed by atoms with E-state index < -0.39 is 0 Å². The molecule has 1 saturated heterocycles. The molecule has 0 bridgehead atoms. The van der Waals surface area contributed by atoms with Crippen molar-refractivity contribution in [3.8, 4) is 0 Å². The van der Waals surface area contributed by atoms with Crippen molar-refractivity contribution in [2.75, 3.05) is 51.3 Å². The fraction of sp³-hybridized carbons (Fsp3) is 0.400. The molecule has 1 aliphatic heterocycles. The second kappa shape index (κ2) is 9.99. The topological polar surface area (TPSA) is 66.5 Å². The highest BCUT2D eigenvalue weighted by atomic mass is 19.1.